The van der Waals surface area contributed by atoms with E-state index in [9.17, 15) is 24.9 Å². The molecule has 7 heteroatoms. The quantitative estimate of drug-likeness (QED) is 0.365. The van der Waals surface area contributed by atoms with Gasteiger partial charge in [0.15, 0.2) is 5.78 Å². The number of fused-ring (bicyclic) bond motifs is 1. The van der Waals surface area contributed by atoms with Gasteiger partial charge >= 0.3 is 0 Å². The zero-order valence-electron chi connectivity index (χ0n) is 24.4. The van der Waals surface area contributed by atoms with Crippen molar-refractivity contribution in [2.24, 2.45) is 0 Å². The minimum absolute atomic E-state index is 0.0391. The number of nitrogens with one attached hydrogen (secondary N) is 1. The largest absolute Gasteiger partial charge is 0.530 e. The van der Waals surface area contributed by atoms with Gasteiger partial charge in [0.1, 0.15) is 11.6 Å². The summed E-state index contributed by atoms with van der Waals surface area (Å²) in [6.45, 7) is 5.31. The minimum Gasteiger partial charge on any atom is -0.530 e. The predicted octanol–water partition coefficient (Wildman–Crippen LogP) is 3.53. The van der Waals surface area contributed by atoms with Crippen LogP contribution in [0.2, 0.25) is 0 Å². The van der Waals surface area contributed by atoms with Crippen molar-refractivity contribution in [2.75, 3.05) is 0 Å². The van der Waals surface area contributed by atoms with Crippen LogP contribution in [0.3, 0.4) is 0 Å². The maximum absolute atomic E-state index is 14.5. The van der Waals surface area contributed by atoms with E-state index in [2.05, 4.69) is 5.32 Å². The minimum atomic E-state index is -1.38. The van der Waals surface area contributed by atoms with Gasteiger partial charge in [-0.1, -0.05) is 84.9 Å². The number of nitrogens with zero attached hydrogens (tertiary/aromatic N) is 1. The number of carboxylic acid groups (broad SMARTS) is 1. The Morgan fingerprint density at radius 2 is 1.60 bits per heavy atom. The van der Waals surface area contributed by atoms with Gasteiger partial charge in [0.05, 0.1) is 18.2 Å². The Balaban J connectivity index is 1.51. The molecule has 3 aromatic carbocycles. The molecular formula is C35H39N2O5-. The molecule has 0 aromatic heterocycles. The molecule has 0 saturated heterocycles. The van der Waals surface area contributed by atoms with Gasteiger partial charge in [0.2, 0.25) is 0 Å². The highest BCUT2D eigenvalue weighted by atomic mass is 16.4. The van der Waals surface area contributed by atoms with Gasteiger partial charge in [-0.15, -0.1) is 0 Å². The van der Waals surface area contributed by atoms with Crippen molar-refractivity contribution in [3.63, 3.8) is 0 Å². The second kappa shape index (κ2) is 11.7. The van der Waals surface area contributed by atoms with Crippen molar-refractivity contribution in [1.82, 2.24) is 10.2 Å². The molecule has 3 N–H and O–H groups in total. The van der Waals surface area contributed by atoms with Crippen molar-refractivity contribution in [3.05, 3.63) is 119 Å². The van der Waals surface area contributed by atoms with Crippen LogP contribution in [0.5, 0.6) is 0 Å². The average Bonchev–Trinajstić information content (AvgIpc) is 3.43. The molecular weight excluding hydrogens is 528 g/mol. The van der Waals surface area contributed by atoms with Crippen molar-refractivity contribution in [2.45, 2.75) is 81.7 Å². The molecule has 2 aliphatic rings. The number of carbonyl (C=O) groups is 2. The first kappa shape index (κ1) is 29.5. The third-order valence-corrected chi connectivity index (χ3v) is 8.63. The zero-order chi connectivity index (χ0) is 30.1. The molecule has 7 nitrogen and oxygen atoms in total. The van der Waals surface area contributed by atoms with Crippen LogP contribution in [0.4, 0.5) is 4.79 Å². The van der Waals surface area contributed by atoms with E-state index in [0.717, 1.165) is 22.3 Å². The Morgan fingerprint density at radius 3 is 2.21 bits per heavy atom. The monoisotopic (exact) mass is 567 g/mol. The SMILES string of the molecule is CC(C)(C)N(C(=O)[O-])[C@@H](Cc1ccccc1)[C@@H](O)C[C@]1(Cc2ccccc2)NC=C([C@H]2c3ccccc3C[C@H]2O)C1=O. The van der Waals surface area contributed by atoms with Crippen LogP contribution < -0.4 is 10.4 Å². The second-order valence-electron chi connectivity index (χ2n) is 12.6. The molecule has 220 valence electrons. The Labute approximate surface area is 247 Å². The summed E-state index contributed by atoms with van der Waals surface area (Å²) < 4.78 is 0. The first-order valence-electron chi connectivity index (χ1n) is 14.5. The normalized spacial score (nSPS) is 23.1. The molecule has 3 aromatic rings. The van der Waals surface area contributed by atoms with Crippen LogP contribution in [0.25, 0.3) is 0 Å². The summed E-state index contributed by atoms with van der Waals surface area (Å²) in [5.74, 6) is -0.675. The number of ketones is 1. The lowest BCUT2D eigenvalue weighted by molar-refractivity contribution is -0.275. The molecule has 5 atom stereocenters. The van der Waals surface area contributed by atoms with Gasteiger partial charge in [-0.2, -0.15) is 0 Å². The maximum atomic E-state index is 14.5. The van der Waals surface area contributed by atoms with Crippen LogP contribution in [-0.2, 0) is 24.1 Å². The van der Waals surface area contributed by atoms with Crippen molar-refractivity contribution < 1.29 is 24.9 Å². The smallest absolute Gasteiger partial charge is 0.186 e. The Morgan fingerprint density at radius 1 is 1.00 bits per heavy atom. The molecule has 0 radical (unpaired) electrons. The summed E-state index contributed by atoms with van der Waals surface area (Å²) in [5.41, 5.74) is 2.09. The number of Topliss-reactive ketones (excluding diaryl/α,β-unsaturated/α-hetero) is 1. The summed E-state index contributed by atoms with van der Waals surface area (Å²) in [6.07, 6.45) is -0.679. The Hall–Kier alpha value is -3.94. The van der Waals surface area contributed by atoms with E-state index >= 15 is 0 Å². The number of hydrogen-bond donors (Lipinski definition) is 3. The lowest BCUT2D eigenvalue weighted by Crippen LogP contribution is -2.62. The predicted molar refractivity (Wildman–Crippen MR) is 160 cm³/mol. The van der Waals surface area contributed by atoms with Crippen molar-refractivity contribution in [3.8, 4) is 0 Å². The zero-order valence-corrected chi connectivity index (χ0v) is 24.4. The highest BCUT2D eigenvalue weighted by Gasteiger charge is 2.50. The average molecular weight is 568 g/mol. The van der Waals surface area contributed by atoms with Crippen LogP contribution in [0.1, 0.15) is 55.4 Å². The number of benzene rings is 3. The first-order valence-corrected chi connectivity index (χ1v) is 14.5. The molecule has 0 saturated carbocycles. The molecule has 1 amide bonds. The molecule has 5 rings (SSSR count). The number of aliphatic hydroxyl groups excluding tert-OH is 2. The summed E-state index contributed by atoms with van der Waals surface area (Å²) in [6, 6.07) is 25.9. The van der Waals surface area contributed by atoms with E-state index in [4.69, 9.17) is 0 Å². The van der Waals surface area contributed by atoms with Gasteiger partial charge in [-0.3, -0.25) is 4.79 Å². The van der Waals surface area contributed by atoms with Crippen molar-refractivity contribution >= 4 is 11.9 Å². The molecule has 0 unspecified atom stereocenters. The van der Waals surface area contributed by atoms with E-state index in [1.807, 2.05) is 84.9 Å². The van der Waals surface area contributed by atoms with Gasteiger partial charge in [0, 0.05) is 36.1 Å². The molecule has 42 heavy (non-hydrogen) atoms. The highest BCUT2D eigenvalue weighted by Crippen LogP contribution is 2.43. The van der Waals surface area contributed by atoms with E-state index in [1.165, 1.54) is 4.90 Å². The topological polar surface area (TPSA) is 113 Å². The van der Waals surface area contributed by atoms with Crippen LogP contribution in [0.15, 0.2) is 96.7 Å². The molecule has 0 fully saturated rings. The summed E-state index contributed by atoms with van der Waals surface area (Å²) >= 11 is 0. The van der Waals surface area contributed by atoms with Crippen LogP contribution in [-0.4, -0.2) is 56.3 Å². The van der Waals surface area contributed by atoms with Crippen molar-refractivity contribution in [1.29, 1.82) is 0 Å². The Bertz CT molecular complexity index is 1450. The standard InChI is InChI=1S/C35H40N2O5/c1-34(2,3)37(33(41)42)28(18-23-12-6-4-7-13-23)30(39)21-35(20-24-14-8-5-9-15-24)32(40)27(22-36-35)31-26-17-11-10-16-25(26)19-29(31)38/h4-17,22,28-31,36,38-39H,18-21H2,1-3H3,(H,41,42)/p-1/t28-,29+,30-,31+,35-/m0/s1. The molecule has 0 bridgehead atoms. The van der Waals surface area contributed by atoms with E-state index < -0.39 is 41.3 Å². The number of hydrogen-bond acceptors (Lipinski definition) is 6. The molecule has 1 aliphatic heterocycles. The third-order valence-electron chi connectivity index (χ3n) is 8.63. The lowest BCUT2D eigenvalue weighted by atomic mass is 9.76. The summed E-state index contributed by atoms with van der Waals surface area (Å²) in [5, 5.41) is 38.9. The third kappa shape index (κ3) is 5.85. The summed E-state index contributed by atoms with van der Waals surface area (Å²) in [4.78, 5) is 28.2. The number of amides is 1. The Kier molecular flexibility index (Phi) is 8.26. The highest BCUT2D eigenvalue weighted by molar-refractivity contribution is 6.06. The fourth-order valence-electron chi connectivity index (χ4n) is 6.76. The number of rotatable bonds is 9. The second-order valence-corrected chi connectivity index (χ2v) is 12.6. The fraction of sp³-hybridized carbons (Fsp3) is 0.371. The maximum Gasteiger partial charge on any atom is 0.186 e. The van der Waals surface area contributed by atoms with Crippen LogP contribution >= 0.6 is 0 Å². The molecule has 1 heterocycles. The lowest BCUT2D eigenvalue weighted by Gasteiger charge is -2.47. The van der Waals surface area contributed by atoms with E-state index in [-0.39, 0.29) is 25.0 Å². The number of aliphatic hydroxyl groups is 2. The van der Waals surface area contributed by atoms with Gasteiger partial charge < -0.3 is 30.3 Å². The van der Waals surface area contributed by atoms with E-state index in [0.29, 0.717) is 12.0 Å². The molecule has 1 aliphatic carbocycles. The van der Waals surface area contributed by atoms with Gasteiger partial charge in [-0.05, 0) is 55.9 Å². The van der Waals surface area contributed by atoms with Gasteiger partial charge in [-0.25, -0.2) is 0 Å². The molecule has 0 spiro atoms. The first-order chi connectivity index (χ1) is 20.0. The van der Waals surface area contributed by atoms with E-state index in [1.54, 1.807) is 27.0 Å². The van der Waals surface area contributed by atoms with Gasteiger partial charge in [0.25, 0.3) is 0 Å². The van der Waals surface area contributed by atoms with Crippen LogP contribution in [0, 0.1) is 0 Å². The summed E-state index contributed by atoms with van der Waals surface area (Å²) in [7, 11) is 0. The fourth-order valence-corrected chi connectivity index (χ4v) is 6.76. The number of carbonyl (C=O) groups excluding carboxylic acids is 2.